The van der Waals surface area contributed by atoms with Crippen LogP contribution in [-0.4, -0.2) is 27.4 Å². The van der Waals surface area contributed by atoms with E-state index in [2.05, 4.69) is 5.32 Å². The molecule has 16 heavy (non-hydrogen) atoms. The lowest BCUT2D eigenvalue weighted by molar-refractivity contribution is 0.191. The maximum absolute atomic E-state index is 11.2. The zero-order valence-electron chi connectivity index (χ0n) is 8.64. The number of hydrogen-bond acceptors (Lipinski definition) is 2. The summed E-state index contributed by atoms with van der Waals surface area (Å²) in [5.74, 6) is 0.204. The molecule has 6 heteroatoms. The molecule has 0 aromatic heterocycles. The lowest BCUT2D eigenvalue weighted by Crippen LogP contribution is -2.30. The minimum atomic E-state index is -1.16. The molecule has 0 spiro atoms. The summed E-state index contributed by atoms with van der Waals surface area (Å²) in [4.78, 5) is 10.6. The van der Waals surface area contributed by atoms with Crippen LogP contribution < -0.4 is 5.32 Å². The molecular formula is C10H12ClNO3S. The summed E-state index contributed by atoms with van der Waals surface area (Å²) in [5.41, 5.74) is 0.641. The lowest BCUT2D eigenvalue weighted by Gasteiger charge is -2.17. The van der Waals surface area contributed by atoms with Gasteiger partial charge < -0.3 is 10.4 Å². The van der Waals surface area contributed by atoms with E-state index < -0.39 is 22.9 Å². The van der Waals surface area contributed by atoms with Crippen molar-refractivity contribution in [2.24, 2.45) is 0 Å². The number of hydrogen-bond donors (Lipinski definition) is 2. The molecule has 0 aliphatic carbocycles. The molecule has 1 amide bonds. The molecule has 0 radical (unpaired) electrons. The standard InChI is InChI=1S/C10H12ClNO3S/c1-16(15)6-9(12-10(13)14)7-4-2-3-5-8(7)11/h2-5,9,12H,6H2,1H3,(H,13,14). The number of halogens is 1. The van der Waals surface area contributed by atoms with Crippen LogP contribution in [0.15, 0.2) is 24.3 Å². The maximum atomic E-state index is 11.2. The molecule has 0 saturated heterocycles. The van der Waals surface area contributed by atoms with Gasteiger partial charge in [0.15, 0.2) is 0 Å². The number of amides is 1. The number of benzene rings is 1. The fraction of sp³-hybridized carbons (Fsp3) is 0.300. The van der Waals surface area contributed by atoms with Crippen molar-refractivity contribution in [3.8, 4) is 0 Å². The summed E-state index contributed by atoms with van der Waals surface area (Å²) in [6.07, 6.45) is 0.364. The van der Waals surface area contributed by atoms with E-state index in [1.54, 1.807) is 24.3 Å². The second-order valence-electron chi connectivity index (χ2n) is 3.26. The van der Waals surface area contributed by atoms with E-state index >= 15 is 0 Å². The first-order valence-corrected chi connectivity index (χ1v) is 6.65. The zero-order valence-corrected chi connectivity index (χ0v) is 10.2. The van der Waals surface area contributed by atoms with Crippen molar-refractivity contribution in [2.45, 2.75) is 6.04 Å². The molecule has 0 heterocycles. The third-order valence-electron chi connectivity index (χ3n) is 1.98. The highest BCUT2D eigenvalue weighted by atomic mass is 35.5. The van der Waals surface area contributed by atoms with Gasteiger partial charge in [-0.05, 0) is 11.6 Å². The molecule has 0 saturated carbocycles. The fourth-order valence-electron chi connectivity index (χ4n) is 1.35. The van der Waals surface area contributed by atoms with Crippen LogP contribution in [0, 0.1) is 0 Å². The molecule has 0 bridgehead atoms. The van der Waals surface area contributed by atoms with Crippen LogP contribution in [0.4, 0.5) is 4.79 Å². The summed E-state index contributed by atoms with van der Waals surface area (Å²) in [5, 5.41) is 11.5. The first-order chi connectivity index (χ1) is 7.50. The molecule has 1 aromatic rings. The second kappa shape index (κ2) is 5.86. The van der Waals surface area contributed by atoms with Crippen molar-refractivity contribution in [1.29, 1.82) is 0 Å². The van der Waals surface area contributed by atoms with Gasteiger partial charge in [-0.15, -0.1) is 0 Å². The monoisotopic (exact) mass is 261 g/mol. The third-order valence-corrected chi connectivity index (χ3v) is 3.13. The van der Waals surface area contributed by atoms with E-state index in [1.165, 1.54) is 6.26 Å². The van der Waals surface area contributed by atoms with Crippen LogP contribution in [0.3, 0.4) is 0 Å². The van der Waals surface area contributed by atoms with Gasteiger partial charge >= 0.3 is 6.09 Å². The largest absolute Gasteiger partial charge is 0.465 e. The quantitative estimate of drug-likeness (QED) is 0.872. The van der Waals surface area contributed by atoms with Gasteiger partial charge in [-0.3, -0.25) is 4.21 Å². The number of carboxylic acid groups (broad SMARTS) is 1. The Hall–Kier alpha value is -1.07. The van der Waals surface area contributed by atoms with Gasteiger partial charge in [0.2, 0.25) is 0 Å². The third kappa shape index (κ3) is 3.83. The van der Waals surface area contributed by atoms with Gasteiger partial charge in [-0.1, -0.05) is 29.8 Å². The molecule has 4 nitrogen and oxygen atoms in total. The predicted molar refractivity (Wildman–Crippen MR) is 64.3 cm³/mol. The van der Waals surface area contributed by atoms with Crippen molar-refractivity contribution in [1.82, 2.24) is 5.32 Å². The Bertz CT molecular complexity index is 395. The van der Waals surface area contributed by atoms with Crippen molar-refractivity contribution in [3.05, 3.63) is 34.9 Å². The van der Waals surface area contributed by atoms with Crippen molar-refractivity contribution >= 4 is 28.5 Å². The second-order valence-corrected chi connectivity index (χ2v) is 5.15. The van der Waals surface area contributed by atoms with Gasteiger partial charge in [0.25, 0.3) is 0 Å². The smallest absolute Gasteiger partial charge is 0.405 e. The summed E-state index contributed by atoms with van der Waals surface area (Å²) in [7, 11) is -1.11. The average molecular weight is 262 g/mol. The van der Waals surface area contributed by atoms with Gasteiger partial charge in [-0.2, -0.15) is 0 Å². The van der Waals surface area contributed by atoms with Crippen LogP contribution in [0.1, 0.15) is 11.6 Å². The van der Waals surface area contributed by atoms with Crippen LogP contribution in [0.2, 0.25) is 5.02 Å². The van der Waals surface area contributed by atoms with Crippen molar-refractivity contribution in [2.75, 3.05) is 12.0 Å². The maximum Gasteiger partial charge on any atom is 0.405 e. The number of rotatable bonds is 4. The molecule has 2 unspecified atom stereocenters. The number of carbonyl (C=O) groups is 1. The van der Waals surface area contributed by atoms with E-state index in [1.807, 2.05) is 0 Å². The molecule has 0 fully saturated rings. The van der Waals surface area contributed by atoms with Crippen LogP contribution in [0.25, 0.3) is 0 Å². The Balaban J connectivity index is 2.96. The molecule has 2 atom stereocenters. The zero-order chi connectivity index (χ0) is 12.1. The topological polar surface area (TPSA) is 66.4 Å². The minimum absolute atomic E-state index is 0.204. The number of nitrogens with one attached hydrogen (secondary N) is 1. The fourth-order valence-corrected chi connectivity index (χ4v) is 2.35. The molecule has 1 rings (SSSR count). The SMILES string of the molecule is CS(=O)CC(NC(=O)O)c1ccccc1Cl. The highest BCUT2D eigenvalue weighted by Gasteiger charge is 2.17. The first kappa shape index (κ1) is 13.0. The summed E-state index contributed by atoms with van der Waals surface area (Å²) in [6.45, 7) is 0. The van der Waals surface area contributed by atoms with Crippen LogP contribution >= 0.6 is 11.6 Å². The van der Waals surface area contributed by atoms with Gasteiger partial charge in [0, 0.05) is 27.8 Å². The molecule has 88 valence electrons. The van der Waals surface area contributed by atoms with Crippen LogP contribution in [0.5, 0.6) is 0 Å². The summed E-state index contributed by atoms with van der Waals surface area (Å²) < 4.78 is 11.2. The van der Waals surface area contributed by atoms with Gasteiger partial charge in [-0.25, -0.2) is 4.79 Å². The molecular weight excluding hydrogens is 250 g/mol. The molecule has 0 aliphatic heterocycles. The molecule has 1 aromatic carbocycles. The lowest BCUT2D eigenvalue weighted by atomic mass is 10.1. The van der Waals surface area contributed by atoms with E-state index in [0.29, 0.717) is 10.6 Å². The molecule has 2 N–H and O–H groups in total. The predicted octanol–water partition coefficient (Wildman–Crippen LogP) is 2.03. The average Bonchev–Trinajstić information content (AvgIpc) is 2.15. The van der Waals surface area contributed by atoms with Crippen molar-refractivity contribution < 1.29 is 14.1 Å². The van der Waals surface area contributed by atoms with Gasteiger partial charge in [0.05, 0.1) is 6.04 Å². The highest BCUT2D eigenvalue weighted by Crippen LogP contribution is 2.23. The van der Waals surface area contributed by atoms with E-state index in [4.69, 9.17) is 16.7 Å². The Morgan fingerprint density at radius 1 is 1.56 bits per heavy atom. The normalized spacial score (nSPS) is 14.1. The first-order valence-electron chi connectivity index (χ1n) is 4.54. The Kier molecular flexibility index (Phi) is 4.76. The molecule has 0 aliphatic rings. The Labute approximate surface area is 101 Å². The Morgan fingerprint density at radius 2 is 2.19 bits per heavy atom. The van der Waals surface area contributed by atoms with Crippen molar-refractivity contribution in [3.63, 3.8) is 0 Å². The van der Waals surface area contributed by atoms with Crippen LogP contribution in [-0.2, 0) is 10.8 Å². The Morgan fingerprint density at radius 3 is 2.69 bits per heavy atom. The summed E-state index contributed by atoms with van der Waals surface area (Å²) >= 11 is 5.95. The van der Waals surface area contributed by atoms with E-state index in [-0.39, 0.29) is 5.75 Å². The minimum Gasteiger partial charge on any atom is -0.465 e. The highest BCUT2D eigenvalue weighted by molar-refractivity contribution is 7.84. The van der Waals surface area contributed by atoms with E-state index in [0.717, 1.165) is 0 Å². The van der Waals surface area contributed by atoms with E-state index in [9.17, 15) is 9.00 Å². The van der Waals surface area contributed by atoms with Gasteiger partial charge in [0.1, 0.15) is 0 Å². The summed E-state index contributed by atoms with van der Waals surface area (Å²) in [6, 6.07) is 6.36.